The Morgan fingerprint density at radius 3 is 2.33 bits per heavy atom. The highest BCUT2D eigenvalue weighted by molar-refractivity contribution is 7.91. The maximum atomic E-state index is 12.7. The number of carbonyl (C=O) groups excluding carboxylic acids is 1. The number of thiophene rings is 1. The second-order valence-electron chi connectivity index (χ2n) is 6.87. The van der Waals surface area contributed by atoms with Crippen LogP contribution in [-0.4, -0.2) is 37.9 Å². The molecule has 134 valence electrons. The SMILES string of the molecule is CCC1CCC(N(C(=O)CNS(=O)(=O)c2cccs2)C2CC2)CC1. The predicted octanol–water partition coefficient (Wildman–Crippen LogP) is 2.99. The molecule has 0 bridgehead atoms. The third-order valence-electron chi connectivity index (χ3n) is 5.19. The number of amides is 1. The molecule has 0 spiro atoms. The Labute approximate surface area is 148 Å². The standard InChI is InChI=1S/C17H26N2O3S2/c1-2-13-5-7-14(8-6-13)19(15-9-10-15)16(20)12-18-24(21,22)17-4-3-11-23-17/h3-4,11,13-15,18H,2,5-10,12H2,1H3. The summed E-state index contributed by atoms with van der Waals surface area (Å²) in [5.41, 5.74) is 0. The summed E-state index contributed by atoms with van der Waals surface area (Å²) in [5.74, 6) is 0.715. The summed E-state index contributed by atoms with van der Waals surface area (Å²) < 4.78 is 27.1. The van der Waals surface area contributed by atoms with Gasteiger partial charge in [-0.25, -0.2) is 13.1 Å². The van der Waals surface area contributed by atoms with E-state index in [9.17, 15) is 13.2 Å². The van der Waals surface area contributed by atoms with Crippen molar-refractivity contribution in [2.45, 2.75) is 68.2 Å². The van der Waals surface area contributed by atoms with Crippen LogP contribution >= 0.6 is 11.3 Å². The first-order valence-electron chi connectivity index (χ1n) is 8.85. The minimum atomic E-state index is -3.57. The van der Waals surface area contributed by atoms with Gasteiger partial charge in [0.15, 0.2) is 0 Å². The minimum Gasteiger partial charge on any atom is -0.336 e. The molecule has 7 heteroatoms. The van der Waals surface area contributed by atoms with Gasteiger partial charge in [0.1, 0.15) is 4.21 Å². The fourth-order valence-electron chi connectivity index (χ4n) is 3.62. The summed E-state index contributed by atoms with van der Waals surface area (Å²) in [5, 5.41) is 1.72. The summed E-state index contributed by atoms with van der Waals surface area (Å²) in [6.45, 7) is 2.10. The zero-order chi connectivity index (χ0) is 17.2. The van der Waals surface area contributed by atoms with E-state index in [0.717, 1.165) is 42.9 Å². The Morgan fingerprint density at radius 1 is 1.21 bits per heavy atom. The van der Waals surface area contributed by atoms with E-state index in [0.29, 0.717) is 12.1 Å². The average Bonchev–Trinajstić information content (AvgIpc) is 3.24. The zero-order valence-corrected chi connectivity index (χ0v) is 15.7. The Balaban J connectivity index is 1.59. The molecule has 5 nitrogen and oxygen atoms in total. The normalized spacial score (nSPS) is 24.7. The van der Waals surface area contributed by atoms with Crippen molar-refractivity contribution in [3.63, 3.8) is 0 Å². The van der Waals surface area contributed by atoms with Crippen molar-refractivity contribution >= 4 is 27.3 Å². The van der Waals surface area contributed by atoms with Gasteiger partial charge in [-0.2, -0.15) is 0 Å². The number of hydrogen-bond donors (Lipinski definition) is 1. The summed E-state index contributed by atoms with van der Waals surface area (Å²) in [4.78, 5) is 14.7. The second-order valence-corrected chi connectivity index (χ2v) is 9.81. The lowest BCUT2D eigenvalue weighted by atomic mass is 9.84. The van der Waals surface area contributed by atoms with E-state index in [4.69, 9.17) is 0 Å². The highest BCUT2D eigenvalue weighted by Crippen LogP contribution is 2.36. The highest BCUT2D eigenvalue weighted by Gasteiger charge is 2.38. The first-order valence-corrected chi connectivity index (χ1v) is 11.2. The molecule has 2 fully saturated rings. The van der Waals surface area contributed by atoms with Crippen LogP contribution in [-0.2, 0) is 14.8 Å². The van der Waals surface area contributed by atoms with Crippen molar-refractivity contribution in [2.75, 3.05) is 6.54 Å². The summed E-state index contributed by atoms with van der Waals surface area (Å²) >= 11 is 1.16. The van der Waals surface area contributed by atoms with Gasteiger partial charge in [-0.1, -0.05) is 19.4 Å². The van der Waals surface area contributed by atoms with Gasteiger partial charge in [-0.15, -0.1) is 11.3 Å². The fourth-order valence-corrected chi connectivity index (χ4v) is 5.64. The smallest absolute Gasteiger partial charge is 0.250 e. The molecule has 1 amide bonds. The number of nitrogens with zero attached hydrogens (tertiary/aromatic N) is 1. The van der Waals surface area contributed by atoms with E-state index < -0.39 is 10.0 Å². The molecule has 0 aromatic carbocycles. The van der Waals surface area contributed by atoms with Crippen molar-refractivity contribution in [1.29, 1.82) is 0 Å². The number of sulfonamides is 1. The molecular formula is C17H26N2O3S2. The lowest BCUT2D eigenvalue weighted by Crippen LogP contribution is -2.48. The first-order chi connectivity index (χ1) is 11.5. The van der Waals surface area contributed by atoms with Crippen LogP contribution < -0.4 is 4.72 Å². The molecular weight excluding hydrogens is 344 g/mol. The van der Waals surface area contributed by atoms with Gasteiger partial charge in [0.2, 0.25) is 5.91 Å². The van der Waals surface area contributed by atoms with Gasteiger partial charge in [-0.3, -0.25) is 4.79 Å². The average molecular weight is 371 g/mol. The Morgan fingerprint density at radius 2 is 1.83 bits per heavy atom. The molecule has 1 heterocycles. The van der Waals surface area contributed by atoms with Crippen LogP contribution in [0.4, 0.5) is 0 Å². The third kappa shape index (κ3) is 4.18. The molecule has 2 saturated carbocycles. The molecule has 24 heavy (non-hydrogen) atoms. The van der Waals surface area contributed by atoms with E-state index in [1.165, 1.54) is 19.3 Å². The zero-order valence-electron chi connectivity index (χ0n) is 14.1. The van der Waals surface area contributed by atoms with Gasteiger partial charge < -0.3 is 4.90 Å². The van der Waals surface area contributed by atoms with E-state index in [1.807, 2.05) is 4.90 Å². The van der Waals surface area contributed by atoms with Crippen LogP contribution in [0.25, 0.3) is 0 Å². The van der Waals surface area contributed by atoms with Crippen LogP contribution in [0.5, 0.6) is 0 Å². The van der Waals surface area contributed by atoms with E-state index in [2.05, 4.69) is 11.6 Å². The van der Waals surface area contributed by atoms with Crippen molar-refractivity contribution in [1.82, 2.24) is 9.62 Å². The maximum Gasteiger partial charge on any atom is 0.250 e. The van der Waals surface area contributed by atoms with E-state index in [-0.39, 0.29) is 16.7 Å². The van der Waals surface area contributed by atoms with Crippen molar-refractivity contribution in [3.05, 3.63) is 17.5 Å². The number of hydrogen-bond acceptors (Lipinski definition) is 4. The quantitative estimate of drug-likeness (QED) is 0.802. The van der Waals surface area contributed by atoms with E-state index >= 15 is 0 Å². The molecule has 0 radical (unpaired) electrons. The van der Waals surface area contributed by atoms with Gasteiger partial charge in [0.05, 0.1) is 6.54 Å². The molecule has 2 aliphatic rings. The Bertz CT molecular complexity index is 645. The molecule has 1 aromatic rings. The predicted molar refractivity (Wildman–Crippen MR) is 95.4 cm³/mol. The number of carbonyl (C=O) groups is 1. The Kier molecular flexibility index (Phi) is 5.62. The van der Waals surface area contributed by atoms with Crippen molar-refractivity contribution in [2.24, 2.45) is 5.92 Å². The molecule has 2 aliphatic carbocycles. The van der Waals surface area contributed by atoms with Crippen LogP contribution in [0.1, 0.15) is 51.9 Å². The second kappa shape index (κ2) is 7.54. The molecule has 1 aromatic heterocycles. The largest absolute Gasteiger partial charge is 0.336 e. The minimum absolute atomic E-state index is 0.0717. The molecule has 0 atom stereocenters. The first kappa shape index (κ1) is 17.9. The lowest BCUT2D eigenvalue weighted by Gasteiger charge is -2.37. The molecule has 1 N–H and O–H groups in total. The highest BCUT2D eigenvalue weighted by atomic mass is 32.2. The van der Waals surface area contributed by atoms with Gasteiger partial charge in [-0.05, 0) is 55.9 Å². The summed E-state index contributed by atoms with van der Waals surface area (Å²) in [6, 6.07) is 3.87. The molecule has 0 unspecified atom stereocenters. The summed E-state index contributed by atoms with van der Waals surface area (Å²) in [7, 11) is -3.57. The van der Waals surface area contributed by atoms with Gasteiger partial charge in [0, 0.05) is 12.1 Å². The molecule has 0 saturated heterocycles. The Hall–Kier alpha value is -0.920. The van der Waals surface area contributed by atoms with E-state index in [1.54, 1.807) is 17.5 Å². The maximum absolute atomic E-state index is 12.7. The number of nitrogens with one attached hydrogen (secondary N) is 1. The number of rotatable bonds is 7. The lowest BCUT2D eigenvalue weighted by molar-refractivity contribution is -0.133. The monoisotopic (exact) mass is 370 g/mol. The fraction of sp³-hybridized carbons (Fsp3) is 0.706. The molecule has 3 rings (SSSR count). The van der Waals surface area contributed by atoms with Gasteiger partial charge in [0.25, 0.3) is 10.0 Å². The topological polar surface area (TPSA) is 66.5 Å². The van der Waals surface area contributed by atoms with Gasteiger partial charge >= 0.3 is 0 Å². The van der Waals surface area contributed by atoms with Crippen LogP contribution in [0.2, 0.25) is 0 Å². The third-order valence-corrected chi connectivity index (χ3v) is 7.99. The van der Waals surface area contributed by atoms with Crippen LogP contribution in [0.3, 0.4) is 0 Å². The van der Waals surface area contributed by atoms with Crippen LogP contribution in [0.15, 0.2) is 21.7 Å². The van der Waals surface area contributed by atoms with Crippen molar-refractivity contribution in [3.8, 4) is 0 Å². The molecule has 0 aliphatic heterocycles. The van der Waals surface area contributed by atoms with Crippen molar-refractivity contribution < 1.29 is 13.2 Å². The summed E-state index contributed by atoms with van der Waals surface area (Å²) in [6.07, 6.45) is 7.78. The van der Waals surface area contributed by atoms with Crippen LogP contribution in [0, 0.1) is 5.92 Å².